The van der Waals surface area contributed by atoms with Gasteiger partial charge in [0.1, 0.15) is 0 Å². The van der Waals surface area contributed by atoms with Gasteiger partial charge < -0.3 is 4.90 Å². The summed E-state index contributed by atoms with van der Waals surface area (Å²) in [6.07, 6.45) is -4.48. The lowest BCUT2D eigenvalue weighted by Crippen LogP contribution is -2.51. The lowest BCUT2D eigenvalue weighted by atomic mass is 10.2. The Bertz CT molecular complexity index is 1070. The third-order valence-corrected chi connectivity index (χ3v) is 7.52. The van der Waals surface area contributed by atoms with Gasteiger partial charge in [0.2, 0.25) is 15.9 Å². The summed E-state index contributed by atoms with van der Waals surface area (Å²) in [6.45, 7) is 0.0678. The molecule has 12 heteroatoms. The summed E-state index contributed by atoms with van der Waals surface area (Å²) in [6, 6.07) is 6.94. The molecule has 0 unspecified atom stereocenters. The first-order valence-electron chi connectivity index (χ1n) is 9.01. The normalized spacial score (nSPS) is 15.8. The molecule has 2 aromatic carbocycles. The number of thioether (sulfide) groups is 1. The maximum Gasteiger partial charge on any atom is 0.416 e. The molecule has 1 fully saturated rings. The van der Waals surface area contributed by atoms with Gasteiger partial charge in [-0.15, -0.1) is 11.8 Å². The van der Waals surface area contributed by atoms with E-state index in [9.17, 15) is 35.2 Å². The fourth-order valence-electron chi connectivity index (χ4n) is 2.96. The van der Waals surface area contributed by atoms with Crippen LogP contribution in [0.1, 0.15) is 5.56 Å². The molecule has 0 bridgehead atoms. The maximum atomic E-state index is 13.4. The predicted octanol–water partition coefficient (Wildman–Crippen LogP) is 3.61. The molecular formula is C19H17F5N2O3S2. The number of halogens is 5. The second kappa shape index (κ2) is 9.13. The Morgan fingerprint density at radius 3 is 2.26 bits per heavy atom. The van der Waals surface area contributed by atoms with Gasteiger partial charge in [-0.25, -0.2) is 17.2 Å². The van der Waals surface area contributed by atoms with Crippen molar-refractivity contribution in [2.24, 2.45) is 0 Å². The quantitative estimate of drug-likeness (QED) is 0.485. The smallest absolute Gasteiger partial charge is 0.339 e. The number of sulfonamides is 1. The second-order valence-electron chi connectivity index (χ2n) is 6.68. The number of carbonyl (C=O) groups is 1. The predicted molar refractivity (Wildman–Crippen MR) is 104 cm³/mol. The summed E-state index contributed by atoms with van der Waals surface area (Å²) < 4.78 is 91.0. The van der Waals surface area contributed by atoms with Crippen LogP contribution in [0.3, 0.4) is 0 Å². The Hall–Kier alpha value is -2.18. The highest BCUT2D eigenvalue weighted by molar-refractivity contribution is 8.00. The van der Waals surface area contributed by atoms with Gasteiger partial charge in [-0.3, -0.25) is 4.79 Å². The van der Waals surface area contributed by atoms with E-state index < -0.39 is 33.4 Å². The highest BCUT2D eigenvalue weighted by Crippen LogP contribution is 2.32. The molecule has 168 valence electrons. The number of nitrogens with zero attached hydrogens (tertiary/aromatic N) is 2. The van der Waals surface area contributed by atoms with Crippen molar-refractivity contribution < 1.29 is 35.2 Å². The molecule has 1 aliphatic heterocycles. The summed E-state index contributed by atoms with van der Waals surface area (Å²) in [5, 5.41) is 0. The van der Waals surface area contributed by atoms with E-state index in [4.69, 9.17) is 0 Å². The van der Waals surface area contributed by atoms with E-state index in [1.165, 1.54) is 17.0 Å². The first kappa shape index (κ1) is 23.5. The van der Waals surface area contributed by atoms with Crippen molar-refractivity contribution in [3.05, 3.63) is 59.7 Å². The number of piperazine rings is 1. The molecule has 0 aromatic heterocycles. The Labute approximate surface area is 179 Å². The van der Waals surface area contributed by atoms with E-state index in [1.54, 1.807) is 0 Å². The molecule has 1 aliphatic rings. The average molecular weight is 480 g/mol. The molecule has 0 N–H and O–H groups in total. The monoisotopic (exact) mass is 480 g/mol. The molecule has 0 spiro atoms. The molecule has 0 aliphatic carbocycles. The Balaban J connectivity index is 1.57. The molecule has 1 amide bonds. The van der Waals surface area contributed by atoms with E-state index in [0.717, 1.165) is 40.3 Å². The van der Waals surface area contributed by atoms with Crippen molar-refractivity contribution >= 4 is 27.7 Å². The average Bonchev–Trinajstić information content (AvgIpc) is 2.73. The summed E-state index contributed by atoms with van der Waals surface area (Å²) >= 11 is 0.958. The topological polar surface area (TPSA) is 57.7 Å². The van der Waals surface area contributed by atoms with Gasteiger partial charge in [0, 0.05) is 31.1 Å². The van der Waals surface area contributed by atoms with E-state index in [-0.39, 0.29) is 42.7 Å². The van der Waals surface area contributed by atoms with Crippen LogP contribution in [0.25, 0.3) is 0 Å². The van der Waals surface area contributed by atoms with Crippen LogP contribution >= 0.6 is 11.8 Å². The summed E-state index contributed by atoms with van der Waals surface area (Å²) in [4.78, 5) is 13.7. The van der Waals surface area contributed by atoms with Crippen LogP contribution in [0.4, 0.5) is 22.0 Å². The van der Waals surface area contributed by atoms with E-state index in [0.29, 0.717) is 11.0 Å². The summed E-state index contributed by atoms with van der Waals surface area (Å²) in [5.74, 6) is -2.88. The Morgan fingerprint density at radius 1 is 0.968 bits per heavy atom. The number of alkyl halides is 3. The number of carbonyl (C=O) groups excluding carboxylic acids is 1. The molecule has 31 heavy (non-hydrogen) atoms. The molecule has 1 heterocycles. The molecule has 0 atom stereocenters. The lowest BCUT2D eigenvalue weighted by molar-refractivity contribution is -0.137. The zero-order chi connectivity index (χ0) is 22.8. The fraction of sp³-hybridized carbons (Fsp3) is 0.316. The van der Waals surface area contributed by atoms with E-state index in [1.807, 2.05) is 0 Å². The van der Waals surface area contributed by atoms with Crippen molar-refractivity contribution in [1.29, 1.82) is 0 Å². The van der Waals surface area contributed by atoms with Crippen molar-refractivity contribution in [1.82, 2.24) is 9.21 Å². The Kier molecular flexibility index (Phi) is 6.92. The highest BCUT2D eigenvalue weighted by Gasteiger charge is 2.32. The minimum atomic E-state index is -4.48. The number of rotatable bonds is 5. The minimum absolute atomic E-state index is 0.0404. The van der Waals surface area contributed by atoms with E-state index in [2.05, 4.69) is 0 Å². The molecule has 5 nitrogen and oxygen atoms in total. The van der Waals surface area contributed by atoms with Crippen LogP contribution in [-0.4, -0.2) is 55.5 Å². The van der Waals surface area contributed by atoms with Crippen molar-refractivity contribution in [2.45, 2.75) is 16.0 Å². The number of hydrogen-bond acceptors (Lipinski definition) is 4. The van der Waals surface area contributed by atoms with Crippen LogP contribution in [0, 0.1) is 11.6 Å². The standard InChI is InChI=1S/C19H17F5N2O3S2/c20-16-5-4-15(11-17(16)21)31(28,29)26-8-6-25(7-9-26)18(27)12-30-14-3-1-2-13(10-14)19(22,23)24/h1-5,10-11H,6-9,12H2. The molecule has 1 saturated heterocycles. The Morgan fingerprint density at radius 2 is 1.65 bits per heavy atom. The van der Waals surface area contributed by atoms with Gasteiger partial charge in [0.05, 0.1) is 16.2 Å². The van der Waals surface area contributed by atoms with E-state index >= 15 is 0 Å². The molecular weight excluding hydrogens is 463 g/mol. The second-order valence-corrected chi connectivity index (χ2v) is 9.66. The molecule has 0 radical (unpaired) electrons. The van der Waals surface area contributed by atoms with Crippen LogP contribution in [0.5, 0.6) is 0 Å². The summed E-state index contributed by atoms with van der Waals surface area (Å²) in [5.41, 5.74) is -0.805. The first-order valence-corrected chi connectivity index (χ1v) is 11.4. The molecule has 0 saturated carbocycles. The highest BCUT2D eigenvalue weighted by atomic mass is 32.2. The number of hydrogen-bond donors (Lipinski definition) is 0. The van der Waals surface area contributed by atoms with Crippen LogP contribution in [0.15, 0.2) is 52.3 Å². The zero-order valence-corrected chi connectivity index (χ0v) is 17.5. The zero-order valence-electron chi connectivity index (χ0n) is 15.9. The maximum absolute atomic E-state index is 13.4. The molecule has 3 rings (SSSR count). The lowest BCUT2D eigenvalue weighted by Gasteiger charge is -2.34. The van der Waals surface area contributed by atoms with Gasteiger partial charge in [-0.05, 0) is 36.4 Å². The fourth-order valence-corrected chi connectivity index (χ4v) is 5.26. The SMILES string of the molecule is O=C(CSc1cccc(C(F)(F)F)c1)N1CCN(S(=O)(=O)c2ccc(F)c(F)c2)CC1. The number of benzene rings is 2. The van der Waals surface area contributed by atoms with Crippen LogP contribution in [-0.2, 0) is 21.0 Å². The number of amides is 1. The first-order chi connectivity index (χ1) is 14.5. The largest absolute Gasteiger partial charge is 0.416 e. The van der Waals surface area contributed by atoms with Crippen molar-refractivity contribution in [2.75, 3.05) is 31.9 Å². The van der Waals surface area contributed by atoms with Crippen molar-refractivity contribution in [3.63, 3.8) is 0 Å². The van der Waals surface area contributed by atoms with Gasteiger partial charge in [0.25, 0.3) is 0 Å². The van der Waals surface area contributed by atoms with Gasteiger partial charge >= 0.3 is 6.18 Å². The summed E-state index contributed by atoms with van der Waals surface area (Å²) in [7, 11) is -4.05. The minimum Gasteiger partial charge on any atom is -0.339 e. The van der Waals surface area contributed by atoms with Crippen LogP contribution in [0.2, 0.25) is 0 Å². The van der Waals surface area contributed by atoms with Crippen LogP contribution < -0.4 is 0 Å². The van der Waals surface area contributed by atoms with Gasteiger partial charge in [-0.2, -0.15) is 17.5 Å². The van der Waals surface area contributed by atoms with Gasteiger partial charge in [-0.1, -0.05) is 6.07 Å². The third-order valence-electron chi connectivity index (χ3n) is 4.64. The third kappa shape index (κ3) is 5.55. The van der Waals surface area contributed by atoms with Gasteiger partial charge in [0.15, 0.2) is 11.6 Å². The molecule has 2 aromatic rings. The van der Waals surface area contributed by atoms with Crippen molar-refractivity contribution in [3.8, 4) is 0 Å².